The highest BCUT2D eigenvalue weighted by molar-refractivity contribution is 5.84. The zero-order chi connectivity index (χ0) is 21.8. The summed E-state index contributed by atoms with van der Waals surface area (Å²) in [5.74, 6) is 0.659. The molecule has 1 atom stereocenters. The quantitative estimate of drug-likeness (QED) is 0.523. The Labute approximate surface area is 180 Å². The number of nitrogens with one attached hydrogen (secondary N) is 1. The van der Waals surface area contributed by atoms with Crippen LogP contribution in [0.1, 0.15) is 51.4 Å². The lowest BCUT2D eigenvalue weighted by atomic mass is 10.1. The molecule has 0 unspecified atom stereocenters. The van der Waals surface area contributed by atoms with E-state index in [2.05, 4.69) is 24.4 Å². The largest absolute Gasteiger partial charge is 0.467 e. The molecule has 0 aliphatic rings. The van der Waals surface area contributed by atoms with Gasteiger partial charge in [-0.25, -0.2) is 4.79 Å². The normalized spacial score (nSPS) is 11.7. The number of benzene rings is 1. The smallest absolute Gasteiger partial charge is 0.318 e. The highest BCUT2D eigenvalue weighted by atomic mass is 16.3. The summed E-state index contributed by atoms with van der Waals surface area (Å²) in [5, 5.41) is 2.94. The van der Waals surface area contributed by atoms with E-state index in [0.29, 0.717) is 19.6 Å². The van der Waals surface area contributed by atoms with E-state index in [1.807, 2.05) is 44.2 Å². The molecular weight excluding hydrogens is 378 g/mol. The number of carbonyl (C=O) groups is 2. The highest BCUT2D eigenvalue weighted by Crippen LogP contribution is 2.11. The summed E-state index contributed by atoms with van der Waals surface area (Å²) < 4.78 is 5.47. The van der Waals surface area contributed by atoms with Crippen molar-refractivity contribution < 1.29 is 14.0 Å². The van der Waals surface area contributed by atoms with Gasteiger partial charge in [-0.05, 0) is 43.9 Å². The van der Waals surface area contributed by atoms with Gasteiger partial charge in [0.15, 0.2) is 0 Å². The molecule has 0 saturated heterocycles. The maximum Gasteiger partial charge on any atom is 0.318 e. The zero-order valence-corrected chi connectivity index (χ0v) is 18.5. The van der Waals surface area contributed by atoms with Crippen LogP contribution in [0.4, 0.5) is 4.79 Å². The number of unbranched alkanes of at least 4 members (excludes halogenated alkanes) is 1. The standard InChI is InChI=1S/C24H35N3O3/c1-4-6-15-25-24(29)27(20(3)5-2)19-23(28)26(18-22-13-10-17-30-22)16-14-21-11-8-7-9-12-21/h7-13,17,20H,4-6,14-16,18-19H2,1-3H3,(H,25,29)/t20-/m0/s1. The molecule has 6 nitrogen and oxygen atoms in total. The Balaban J connectivity index is 2.07. The van der Waals surface area contributed by atoms with Gasteiger partial charge < -0.3 is 19.5 Å². The van der Waals surface area contributed by atoms with E-state index in [0.717, 1.165) is 31.4 Å². The van der Waals surface area contributed by atoms with Gasteiger partial charge in [-0.1, -0.05) is 50.6 Å². The van der Waals surface area contributed by atoms with Crippen LogP contribution < -0.4 is 5.32 Å². The number of urea groups is 1. The fourth-order valence-electron chi connectivity index (χ4n) is 3.16. The fourth-order valence-corrected chi connectivity index (χ4v) is 3.16. The molecule has 30 heavy (non-hydrogen) atoms. The van der Waals surface area contributed by atoms with Gasteiger partial charge >= 0.3 is 6.03 Å². The van der Waals surface area contributed by atoms with Crippen molar-refractivity contribution in [2.24, 2.45) is 0 Å². The molecule has 0 spiro atoms. The Morgan fingerprint density at radius 1 is 1.10 bits per heavy atom. The zero-order valence-electron chi connectivity index (χ0n) is 18.5. The number of hydrogen-bond donors (Lipinski definition) is 1. The van der Waals surface area contributed by atoms with Crippen molar-refractivity contribution in [3.8, 4) is 0 Å². The number of rotatable bonds is 12. The monoisotopic (exact) mass is 413 g/mol. The molecule has 0 bridgehead atoms. The Bertz CT molecular complexity index is 746. The van der Waals surface area contributed by atoms with Crippen molar-refractivity contribution in [1.29, 1.82) is 0 Å². The summed E-state index contributed by atoms with van der Waals surface area (Å²) in [4.78, 5) is 29.3. The summed E-state index contributed by atoms with van der Waals surface area (Å²) >= 11 is 0. The maximum absolute atomic E-state index is 13.2. The summed E-state index contributed by atoms with van der Waals surface area (Å²) in [6.45, 7) is 7.73. The molecule has 2 aromatic rings. The van der Waals surface area contributed by atoms with E-state index in [4.69, 9.17) is 4.42 Å². The van der Waals surface area contributed by atoms with Crippen molar-refractivity contribution in [3.63, 3.8) is 0 Å². The van der Waals surface area contributed by atoms with Gasteiger partial charge in [-0.2, -0.15) is 0 Å². The third-order valence-corrected chi connectivity index (χ3v) is 5.29. The molecule has 164 valence electrons. The molecule has 0 saturated carbocycles. The third kappa shape index (κ3) is 7.58. The fraction of sp³-hybridized carbons (Fsp3) is 0.500. The Morgan fingerprint density at radius 3 is 2.50 bits per heavy atom. The first kappa shape index (κ1) is 23.5. The van der Waals surface area contributed by atoms with Gasteiger partial charge in [0.05, 0.1) is 12.8 Å². The van der Waals surface area contributed by atoms with Crippen LogP contribution in [0.2, 0.25) is 0 Å². The Morgan fingerprint density at radius 2 is 1.87 bits per heavy atom. The number of amides is 3. The van der Waals surface area contributed by atoms with Crippen LogP contribution in [0, 0.1) is 0 Å². The molecule has 1 heterocycles. The molecule has 0 radical (unpaired) electrons. The summed E-state index contributed by atoms with van der Waals surface area (Å²) in [5.41, 5.74) is 1.17. The second kappa shape index (κ2) is 12.7. The van der Waals surface area contributed by atoms with Crippen molar-refractivity contribution in [3.05, 3.63) is 60.1 Å². The first-order valence-corrected chi connectivity index (χ1v) is 10.9. The summed E-state index contributed by atoms with van der Waals surface area (Å²) in [7, 11) is 0. The lowest BCUT2D eigenvalue weighted by Crippen LogP contribution is -2.50. The van der Waals surface area contributed by atoms with Crippen LogP contribution in [-0.2, 0) is 17.8 Å². The van der Waals surface area contributed by atoms with Crippen LogP contribution >= 0.6 is 0 Å². The van der Waals surface area contributed by atoms with E-state index in [9.17, 15) is 9.59 Å². The third-order valence-electron chi connectivity index (χ3n) is 5.29. The minimum absolute atomic E-state index is 0.0184. The summed E-state index contributed by atoms with van der Waals surface area (Å²) in [6.07, 6.45) is 5.09. The average molecular weight is 414 g/mol. The van der Waals surface area contributed by atoms with Crippen molar-refractivity contribution in [2.45, 2.75) is 59.0 Å². The first-order chi connectivity index (χ1) is 14.5. The van der Waals surface area contributed by atoms with Gasteiger partial charge in [0.1, 0.15) is 12.3 Å². The number of carbonyl (C=O) groups excluding carboxylic acids is 2. The van der Waals surface area contributed by atoms with E-state index < -0.39 is 0 Å². The van der Waals surface area contributed by atoms with Gasteiger partial charge in [-0.3, -0.25) is 4.79 Å². The minimum Gasteiger partial charge on any atom is -0.467 e. The van der Waals surface area contributed by atoms with Gasteiger partial charge in [-0.15, -0.1) is 0 Å². The summed E-state index contributed by atoms with van der Waals surface area (Å²) in [6, 6.07) is 13.6. The van der Waals surface area contributed by atoms with Crippen LogP contribution in [0.3, 0.4) is 0 Å². The number of furan rings is 1. The van der Waals surface area contributed by atoms with Crippen LogP contribution in [-0.4, -0.2) is 47.4 Å². The molecular formula is C24H35N3O3. The van der Waals surface area contributed by atoms with E-state index in [1.165, 1.54) is 5.56 Å². The van der Waals surface area contributed by atoms with E-state index >= 15 is 0 Å². The predicted octanol–water partition coefficient (Wildman–Crippen LogP) is 4.46. The average Bonchev–Trinajstić information content (AvgIpc) is 3.28. The molecule has 0 aliphatic heterocycles. The Kier molecular flexibility index (Phi) is 9.98. The van der Waals surface area contributed by atoms with Crippen LogP contribution in [0.15, 0.2) is 53.1 Å². The lowest BCUT2D eigenvalue weighted by molar-refractivity contribution is -0.133. The van der Waals surface area contributed by atoms with Crippen LogP contribution in [0.25, 0.3) is 0 Å². The SMILES string of the molecule is CCCCNC(=O)N(CC(=O)N(CCc1ccccc1)Cc1ccco1)[C@@H](C)CC. The molecule has 6 heteroatoms. The molecule has 1 aromatic heterocycles. The molecule has 0 aliphatic carbocycles. The van der Waals surface area contributed by atoms with Crippen LogP contribution in [0.5, 0.6) is 0 Å². The van der Waals surface area contributed by atoms with Crippen molar-refractivity contribution in [1.82, 2.24) is 15.1 Å². The maximum atomic E-state index is 13.2. The minimum atomic E-state index is -0.174. The molecule has 1 N–H and O–H groups in total. The number of nitrogens with zero attached hydrogens (tertiary/aromatic N) is 2. The molecule has 0 fully saturated rings. The first-order valence-electron chi connectivity index (χ1n) is 10.9. The Hall–Kier alpha value is -2.76. The molecule has 3 amide bonds. The van der Waals surface area contributed by atoms with Crippen molar-refractivity contribution >= 4 is 11.9 Å². The van der Waals surface area contributed by atoms with E-state index in [-0.39, 0.29) is 24.5 Å². The van der Waals surface area contributed by atoms with E-state index in [1.54, 1.807) is 16.1 Å². The predicted molar refractivity (Wildman–Crippen MR) is 119 cm³/mol. The molecule has 1 aromatic carbocycles. The number of hydrogen-bond acceptors (Lipinski definition) is 3. The topological polar surface area (TPSA) is 65.8 Å². The lowest BCUT2D eigenvalue weighted by Gasteiger charge is -2.31. The van der Waals surface area contributed by atoms with Gasteiger partial charge in [0, 0.05) is 19.1 Å². The highest BCUT2D eigenvalue weighted by Gasteiger charge is 2.25. The van der Waals surface area contributed by atoms with Crippen molar-refractivity contribution in [2.75, 3.05) is 19.6 Å². The molecule has 2 rings (SSSR count). The van der Waals surface area contributed by atoms with Gasteiger partial charge in [0.2, 0.25) is 5.91 Å². The second-order valence-electron chi connectivity index (χ2n) is 7.60. The second-order valence-corrected chi connectivity index (χ2v) is 7.60. The van der Waals surface area contributed by atoms with Gasteiger partial charge in [0.25, 0.3) is 0 Å².